The van der Waals surface area contributed by atoms with E-state index in [1.165, 1.54) is 5.56 Å². The number of aromatic nitrogens is 4. The van der Waals surface area contributed by atoms with Gasteiger partial charge < -0.3 is 10.2 Å². The highest BCUT2D eigenvalue weighted by Crippen LogP contribution is 2.15. The summed E-state index contributed by atoms with van der Waals surface area (Å²) in [5.74, 6) is 0. The molecule has 1 atom stereocenters. The molecule has 0 amide bonds. The van der Waals surface area contributed by atoms with Crippen molar-refractivity contribution in [1.82, 2.24) is 30.4 Å². The van der Waals surface area contributed by atoms with Gasteiger partial charge in [0.25, 0.3) is 0 Å². The molecule has 2 rings (SSSR count). The first kappa shape index (κ1) is 13.6. The highest BCUT2D eigenvalue weighted by molar-refractivity contribution is 5.35. The van der Waals surface area contributed by atoms with Crippen molar-refractivity contribution >= 4 is 0 Å². The molecular weight excluding hydrogens is 240 g/mol. The Morgan fingerprint density at radius 2 is 2.21 bits per heavy atom. The maximum atomic E-state index is 3.90. The summed E-state index contributed by atoms with van der Waals surface area (Å²) < 4.78 is 1.66. The number of likely N-dealkylation sites (N-methyl/N-ethyl adjacent to an activating group) is 1. The lowest BCUT2D eigenvalue weighted by Gasteiger charge is -2.17. The molecule has 0 spiro atoms. The molecule has 0 radical (unpaired) electrons. The maximum Gasteiger partial charge on any atom is 0.143 e. The van der Waals surface area contributed by atoms with Crippen LogP contribution in [0.5, 0.6) is 0 Å². The van der Waals surface area contributed by atoms with Gasteiger partial charge in [0.1, 0.15) is 6.33 Å². The van der Waals surface area contributed by atoms with Crippen LogP contribution in [0, 0.1) is 0 Å². The Morgan fingerprint density at radius 3 is 2.89 bits per heavy atom. The number of rotatable bonds is 6. The van der Waals surface area contributed by atoms with Crippen molar-refractivity contribution in [1.29, 1.82) is 0 Å². The van der Waals surface area contributed by atoms with E-state index in [0.717, 1.165) is 18.8 Å². The summed E-state index contributed by atoms with van der Waals surface area (Å²) in [6.07, 6.45) is 1.60. The summed E-state index contributed by atoms with van der Waals surface area (Å²) in [5, 5.41) is 14.7. The van der Waals surface area contributed by atoms with Gasteiger partial charge in [0.15, 0.2) is 0 Å². The van der Waals surface area contributed by atoms with E-state index >= 15 is 0 Å². The minimum Gasteiger partial charge on any atom is -0.309 e. The van der Waals surface area contributed by atoms with Gasteiger partial charge in [-0.3, -0.25) is 0 Å². The first-order valence-corrected chi connectivity index (χ1v) is 6.38. The molecule has 6 nitrogen and oxygen atoms in total. The minimum absolute atomic E-state index is 0.302. The van der Waals surface area contributed by atoms with Gasteiger partial charge in [0, 0.05) is 19.1 Å². The fourth-order valence-corrected chi connectivity index (χ4v) is 1.84. The summed E-state index contributed by atoms with van der Waals surface area (Å²) in [6, 6.07) is 8.53. The van der Waals surface area contributed by atoms with Gasteiger partial charge >= 0.3 is 0 Å². The fourth-order valence-electron chi connectivity index (χ4n) is 1.84. The van der Waals surface area contributed by atoms with Crippen LogP contribution < -0.4 is 5.32 Å². The third-order valence-electron chi connectivity index (χ3n) is 2.99. The number of nitrogens with one attached hydrogen (secondary N) is 1. The first-order chi connectivity index (χ1) is 9.16. The Labute approximate surface area is 113 Å². The van der Waals surface area contributed by atoms with E-state index < -0.39 is 0 Å². The Hall–Kier alpha value is -1.79. The zero-order valence-corrected chi connectivity index (χ0v) is 11.6. The van der Waals surface area contributed by atoms with Crippen molar-refractivity contribution in [3.05, 3.63) is 36.2 Å². The number of nitrogens with zero attached hydrogens (tertiary/aromatic N) is 5. The van der Waals surface area contributed by atoms with Crippen molar-refractivity contribution in [3.63, 3.8) is 0 Å². The Morgan fingerprint density at radius 1 is 1.37 bits per heavy atom. The second kappa shape index (κ2) is 6.40. The molecule has 19 heavy (non-hydrogen) atoms. The lowest BCUT2D eigenvalue weighted by molar-refractivity contribution is 0.389. The Kier molecular flexibility index (Phi) is 4.59. The number of tetrazole rings is 1. The van der Waals surface area contributed by atoms with Crippen molar-refractivity contribution in [3.8, 4) is 5.69 Å². The topological polar surface area (TPSA) is 58.9 Å². The van der Waals surface area contributed by atoms with E-state index in [2.05, 4.69) is 58.9 Å². The van der Waals surface area contributed by atoms with Gasteiger partial charge in [-0.15, -0.1) is 5.10 Å². The van der Waals surface area contributed by atoms with Crippen LogP contribution in [0.1, 0.15) is 18.5 Å². The van der Waals surface area contributed by atoms with Crippen LogP contribution in [0.15, 0.2) is 30.6 Å². The van der Waals surface area contributed by atoms with E-state index in [-0.39, 0.29) is 0 Å². The third kappa shape index (κ3) is 3.84. The van der Waals surface area contributed by atoms with Crippen LogP contribution >= 0.6 is 0 Å². The predicted molar refractivity (Wildman–Crippen MR) is 74.1 cm³/mol. The molecule has 1 N–H and O–H groups in total. The minimum atomic E-state index is 0.302. The summed E-state index contributed by atoms with van der Waals surface area (Å²) >= 11 is 0. The van der Waals surface area contributed by atoms with Gasteiger partial charge in [-0.25, -0.2) is 4.68 Å². The van der Waals surface area contributed by atoms with Gasteiger partial charge in [0.2, 0.25) is 0 Å². The van der Waals surface area contributed by atoms with E-state index in [1.807, 2.05) is 12.1 Å². The van der Waals surface area contributed by atoms with Crippen LogP contribution in [0.4, 0.5) is 0 Å². The standard InChI is InChI=1S/C13H20N6/c1-11(14-7-8-18(2)3)12-5-4-6-13(9-12)19-10-15-16-17-19/h4-6,9-11,14H,7-8H2,1-3H3. The Bertz CT molecular complexity index is 494. The highest BCUT2D eigenvalue weighted by Gasteiger charge is 2.06. The normalized spacial score (nSPS) is 12.8. The van der Waals surface area contributed by atoms with Crippen molar-refractivity contribution < 1.29 is 0 Å². The molecule has 0 saturated carbocycles. The van der Waals surface area contributed by atoms with Crippen LogP contribution in [0.25, 0.3) is 5.69 Å². The smallest absolute Gasteiger partial charge is 0.143 e. The summed E-state index contributed by atoms with van der Waals surface area (Å²) in [6.45, 7) is 4.15. The van der Waals surface area contributed by atoms with Gasteiger partial charge in [-0.2, -0.15) is 0 Å². The first-order valence-electron chi connectivity index (χ1n) is 6.38. The highest BCUT2D eigenvalue weighted by atomic mass is 15.5. The number of hydrogen-bond acceptors (Lipinski definition) is 5. The summed E-state index contributed by atoms with van der Waals surface area (Å²) in [7, 11) is 4.15. The molecule has 0 aliphatic carbocycles. The molecule has 1 unspecified atom stereocenters. The second-order valence-corrected chi connectivity index (χ2v) is 4.83. The van der Waals surface area contributed by atoms with Crippen molar-refractivity contribution in [2.75, 3.05) is 27.2 Å². The molecular formula is C13H20N6. The van der Waals surface area contributed by atoms with E-state index in [1.54, 1.807) is 11.0 Å². The van der Waals surface area contributed by atoms with Crippen LogP contribution in [-0.4, -0.2) is 52.3 Å². The maximum absolute atomic E-state index is 3.90. The third-order valence-corrected chi connectivity index (χ3v) is 2.99. The molecule has 0 bridgehead atoms. The average molecular weight is 260 g/mol. The molecule has 0 aliphatic rings. The number of benzene rings is 1. The van der Waals surface area contributed by atoms with Crippen LogP contribution in [0.3, 0.4) is 0 Å². The van der Waals surface area contributed by atoms with Gasteiger partial charge in [0.05, 0.1) is 5.69 Å². The second-order valence-electron chi connectivity index (χ2n) is 4.83. The average Bonchev–Trinajstić information content (AvgIpc) is 2.92. The van der Waals surface area contributed by atoms with E-state index in [4.69, 9.17) is 0 Å². The summed E-state index contributed by atoms with van der Waals surface area (Å²) in [4.78, 5) is 2.16. The molecule has 2 aromatic rings. The van der Waals surface area contributed by atoms with E-state index in [0.29, 0.717) is 6.04 Å². The molecule has 0 aliphatic heterocycles. The van der Waals surface area contributed by atoms with Crippen molar-refractivity contribution in [2.45, 2.75) is 13.0 Å². The molecule has 0 saturated heterocycles. The monoisotopic (exact) mass is 260 g/mol. The molecule has 6 heteroatoms. The molecule has 102 valence electrons. The molecule has 0 fully saturated rings. The molecule has 1 aromatic carbocycles. The van der Waals surface area contributed by atoms with Gasteiger partial charge in [-0.1, -0.05) is 12.1 Å². The van der Waals surface area contributed by atoms with E-state index in [9.17, 15) is 0 Å². The zero-order chi connectivity index (χ0) is 13.7. The molecule has 1 heterocycles. The summed E-state index contributed by atoms with van der Waals surface area (Å²) in [5.41, 5.74) is 2.20. The predicted octanol–water partition coefficient (Wildman–Crippen LogP) is 0.874. The van der Waals surface area contributed by atoms with Crippen molar-refractivity contribution in [2.24, 2.45) is 0 Å². The zero-order valence-electron chi connectivity index (χ0n) is 11.6. The van der Waals surface area contributed by atoms with Crippen LogP contribution in [-0.2, 0) is 0 Å². The number of hydrogen-bond donors (Lipinski definition) is 1. The lowest BCUT2D eigenvalue weighted by atomic mass is 10.1. The lowest BCUT2D eigenvalue weighted by Crippen LogP contribution is -2.28. The van der Waals surface area contributed by atoms with Gasteiger partial charge in [-0.05, 0) is 49.1 Å². The molecule has 1 aromatic heterocycles. The largest absolute Gasteiger partial charge is 0.309 e. The fraction of sp³-hybridized carbons (Fsp3) is 0.462. The van der Waals surface area contributed by atoms with Crippen LogP contribution in [0.2, 0.25) is 0 Å². The Balaban J connectivity index is 2.02. The quantitative estimate of drug-likeness (QED) is 0.835. The SMILES string of the molecule is CC(NCCN(C)C)c1cccc(-n2cnnn2)c1.